The second kappa shape index (κ2) is 6.04. The fourth-order valence-corrected chi connectivity index (χ4v) is 3.29. The highest BCUT2D eigenvalue weighted by Crippen LogP contribution is 2.49. The van der Waals surface area contributed by atoms with Gasteiger partial charge in [-0.2, -0.15) is 0 Å². The molecular formula is C17H24FN3. The van der Waals surface area contributed by atoms with Crippen molar-refractivity contribution >= 4 is 5.96 Å². The standard InChI is InChI=1S/C17H24FN3/c18-15-9-5-4-8-14(15)17(10-11-17)12-20-16(19)21-13-6-2-1-3-7-13/h4-5,8-9,13H,1-3,6-7,10-12H2,(H3,19,20,21). The van der Waals surface area contributed by atoms with Gasteiger partial charge in [-0.05, 0) is 37.3 Å². The highest BCUT2D eigenvalue weighted by Gasteiger charge is 2.45. The minimum atomic E-state index is -0.121. The van der Waals surface area contributed by atoms with Crippen LogP contribution >= 0.6 is 0 Å². The van der Waals surface area contributed by atoms with Crippen LogP contribution in [-0.4, -0.2) is 18.5 Å². The van der Waals surface area contributed by atoms with Crippen LogP contribution in [0.1, 0.15) is 50.5 Å². The molecule has 3 nitrogen and oxygen atoms in total. The molecule has 0 bridgehead atoms. The first-order chi connectivity index (χ1) is 10.2. The first-order valence-corrected chi connectivity index (χ1v) is 8.01. The predicted octanol–water partition coefficient (Wildman–Crippen LogP) is 3.09. The van der Waals surface area contributed by atoms with Crippen LogP contribution in [0.2, 0.25) is 0 Å². The van der Waals surface area contributed by atoms with Crippen molar-refractivity contribution in [3.8, 4) is 0 Å². The maximum absolute atomic E-state index is 13.9. The van der Waals surface area contributed by atoms with Gasteiger partial charge in [-0.25, -0.2) is 4.39 Å². The maximum atomic E-state index is 13.9. The number of hydrogen-bond donors (Lipinski definition) is 2. The van der Waals surface area contributed by atoms with E-state index in [2.05, 4.69) is 10.3 Å². The highest BCUT2D eigenvalue weighted by atomic mass is 19.1. The van der Waals surface area contributed by atoms with Gasteiger partial charge >= 0.3 is 0 Å². The Morgan fingerprint density at radius 3 is 2.62 bits per heavy atom. The summed E-state index contributed by atoms with van der Waals surface area (Å²) < 4.78 is 13.9. The summed E-state index contributed by atoms with van der Waals surface area (Å²) in [6, 6.07) is 7.50. The van der Waals surface area contributed by atoms with Crippen molar-refractivity contribution in [2.24, 2.45) is 10.7 Å². The lowest BCUT2D eigenvalue weighted by Crippen LogP contribution is -2.41. The summed E-state index contributed by atoms with van der Waals surface area (Å²) in [5, 5.41) is 3.32. The lowest BCUT2D eigenvalue weighted by Gasteiger charge is -2.23. The van der Waals surface area contributed by atoms with Crippen LogP contribution < -0.4 is 11.1 Å². The molecular weight excluding hydrogens is 265 g/mol. The Morgan fingerprint density at radius 1 is 1.24 bits per heavy atom. The number of nitrogens with one attached hydrogen (secondary N) is 1. The fourth-order valence-electron chi connectivity index (χ4n) is 3.29. The molecule has 21 heavy (non-hydrogen) atoms. The number of nitrogens with two attached hydrogens (primary N) is 1. The van der Waals surface area contributed by atoms with Crippen molar-refractivity contribution in [2.75, 3.05) is 6.54 Å². The second-order valence-electron chi connectivity index (χ2n) is 6.44. The van der Waals surface area contributed by atoms with E-state index in [0.717, 1.165) is 18.4 Å². The Kier molecular flexibility index (Phi) is 4.13. The monoisotopic (exact) mass is 289 g/mol. The van der Waals surface area contributed by atoms with Crippen LogP contribution in [0.5, 0.6) is 0 Å². The number of guanidine groups is 1. The minimum Gasteiger partial charge on any atom is -0.370 e. The summed E-state index contributed by atoms with van der Waals surface area (Å²) in [5.74, 6) is 0.397. The zero-order chi connectivity index (χ0) is 14.7. The van der Waals surface area contributed by atoms with Crippen LogP contribution in [0.4, 0.5) is 4.39 Å². The van der Waals surface area contributed by atoms with Gasteiger partial charge in [0.2, 0.25) is 0 Å². The van der Waals surface area contributed by atoms with Crippen LogP contribution in [0.3, 0.4) is 0 Å². The molecule has 0 unspecified atom stereocenters. The molecule has 0 aromatic heterocycles. The molecule has 0 saturated heterocycles. The average Bonchev–Trinajstić information content (AvgIpc) is 3.28. The van der Waals surface area contributed by atoms with Gasteiger partial charge in [0.25, 0.3) is 0 Å². The van der Waals surface area contributed by atoms with Gasteiger partial charge in [0.15, 0.2) is 5.96 Å². The van der Waals surface area contributed by atoms with Crippen LogP contribution in [-0.2, 0) is 5.41 Å². The predicted molar refractivity (Wildman–Crippen MR) is 83.8 cm³/mol. The van der Waals surface area contributed by atoms with Crippen molar-refractivity contribution in [3.63, 3.8) is 0 Å². The van der Waals surface area contributed by atoms with E-state index < -0.39 is 0 Å². The van der Waals surface area contributed by atoms with E-state index in [1.807, 2.05) is 12.1 Å². The average molecular weight is 289 g/mol. The molecule has 4 heteroatoms. The third-order valence-corrected chi connectivity index (χ3v) is 4.81. The van der Waals surface area contributed by atoms with Crippen LogP contribution in [0.15, 0.2) is 29.3 Å². The molecule has 2 fully saturated rings. The smallest absolute Gasteiger partial charge is 0.188 e. The van der Waals surface area contributed by atoms with Crippen LogP contribution in [0, 0.1) is 5.82 Å². The molecule has 1 aromatic rings. The molecule has 2 aliphatic rings. The second-order valence-corrected chi connectivity index (χ2v) is 6.44. The Balaban J connectivity index is 1.61. The molecule has 0 aliphatic heterocycles. The van der Waals surface area contributed by atoms with Crippen LogP contribution in [0.25, 0.3) is 0 Å². The van der Waals surface area contributed by atoms with E-state index in [1.54, 1.807) is 6.07 Å². The molecule has 0 heterocycles. The molecule has 3 rings (SSSR count). The zero-order valence-electron chi connectivity index (χ0n) is 12.4. The molecule has 0 radical (unpaired) electrons. The maximum Gasteiger partial charge on any atom is 0.188 e. The van der Waals surface area contributed by atoms with E-state index in [1.165, 1.54) is 38.2 Å². The Morgan fingerprint density at radius 2 is 1.95 bits per heavy atom. The van der Waals surface area contributed by atoms with E-state index in [9.17, 15) is 4.39 Å². The van der Waals surface area contributed by atoms with Crippen molar-refractivity contribution in [1.29, 1.82) is 0 Å². The van der Waals surface area contributed by atoms with Gasteiger partial charge in [0.05, 0.1) is 6.54 Å². The largest absolute Gasteiger partial charge is 0.370 e. The summed E-state index contributed by atoms with van der Waals surface area (Å²) >= 11 is 0. The summed E-state index contributed by atoms with van der Waals surface area (Å²) in [7, 11) is 0. The fraction of sp³-hybridized carbons (Fsp3) is 0.588. The quantitative estimate of drug-likeness (QED) is 0.661. The summed E-state index contributed by atoms with van der Waals surface area (Å²) in [6.07, 6.45) is 8.20. The summed E-state index contributed by atoms with van der Waals surface area (Å²) in [6.45, 7) is 0.583. The van der Waals surface area contributed by atoms with Crippen molar-refractivity contribution in [2.45, 2.75) is 56.4 Å². The molecule has 0 atom stereocenters. The number of aliphatic imine (C=N–C) groups is 1. The zero-order valence-corrected chi connectivity index (χ0v) is 12.4. The number of hydrogen-bond acceptors (Lipinski definition) is 1. The summed E-state index contributed by atoms with van der Waals surface area (Å²) in [4.78, 5) is 4.49. The molecule has 1 aromatic carbocycles. The van der Waals surface area contributed by atoms with Gasteiger partial charge in [-0.1, -0.05) is 37.5 Å². The van der Waals surface area contributed by atoms with Crippen molar-refractivity contribution in [3.05, 3.63) is 35.6 Å². The Hall–Kier alpha value is -1.58. The molecule has 0 spiro atoms. The van der Waals surface area contributed by atoms with Gasteiger partial charge in [-0.15, -0.1) is 0 Å². The normalized spacial score (nSPS) is 22.0. The third kappa shape index (κ3) is 3.36. The highest BCUT2D eigenvalue weighted by molar-refractivity contribution is 5.78. The first kappa shape index (κ1) is 14.4. The van der Waals surface area contributed by atoms with E-state index in [-0.39, 0.29) is 11.2 Å². The molecule has 3 N–H and O–H groups in total. The van der Waals surface area contributed by atoms with Gasteiger partial charge in [0, 0.05) is 11.5 Å². The van der Waals surface area contributed by atoms with Gasteiger partial charge in [-0.3, -0.25) is 4.99 Å². The Labute approximate surface area is 125 Å². The molecule has 0 amide bonds. The number of benzene rings is 1. The Bertz CT molecular complexity index is 517. The van der Waals surface area contributed by atoms with Gasteiger partial charge < -0.3 is 11.1 Å². The lowest BCUT2D eigenvalue weighted by molar-refractivity contribution is 0.412. The van der Waals surface area contributed by atoms with E-state index in [4.69, 9.17) is 5.73 Å². The molecule has 114 valence electrons. The van der Waals surface area contributed by atoms with Gasteiger partial charge in [0.1, 0.15) is 5.82 Å². The van der Waals surface area contributed by atoms with E-state index in [0.29, 0.717) is 18.5 Å². The minimum absolute atomic E-state index is 0.121. The topological polar surface area (TPSA) is 50.4 Å². The number of nitrogens with zero attached hydrogens (tertiary/aromatic N) is 1. The van der Waals surface area contributed by atoms with Crippen molar-refractivity contribution in [1.82, 2.24) is 5.32 Å². The summed E-state index contributed by atoms with van der Waals surface area (Å²) in [5.41, 5.74) is 6.67. The molecule has 2 aliphatic carbocycles. The third-order valence-electron chi connectivity index (χ3n) is 4.81. The van der Waals surface area contributed by atoms with Crippen molar-refractivity contribution < 1.29 is 4.39 Å². The van der Waals surface area contributed by atoms with E-state index >= 15 is 0 Å². The first-order valence-electron chi connectivity index (χ1n) is 8.01. The number of halogens is 1. The number of rotatable bonds is 4. The lowest BCUT2D eigenvalue weighted by atomic mass is 9.95. The molecule has 2 saturated carbocycles. The SMILES string of the molecule is NC(=NCC1(c2ccccc2F)CC1)NC1CCCCC1.